The van der Waals surface area contributed by atoms with Gasteiger partial charge in [0.25, 0.3) is 0 Å². The molecule has 0 aromatic carbocycles. The summed E-state index contributed by atoms with van der Waals surface area (Å²) in [6.45, 7) is 3.18. The molecule has 1 unspecified atom stereocenters. The predicted molar refractivity (Wildman–Crippen MR) is 49.4 cm³/mol. The molecule has 0 saturated heterocycles. The fraction of sp³-hybridized carbons (Fsp3) is 1.00. The molecule has 1 aliphatic carbocycles. The van der Waals surface area contributed by atoms with Crippen molar-refractivity contribution in [2.24, 2.45) is 17.6 Å². The second kappa shape index (κ2) is 4.76. The van der Waals surface area contributed by atoms with E-state index in [2.05, 4.69) is 6.92 Å². The lowest BCUT2D eigenvalue weighted by Crippen LogP contribution is -2.21. The topological polar surface area (TPSA) is 26.0 Å². The van der Waals surface area contributed by atoms with Crippen LogP contribution in [0.2, 0.25) is 0 Å². The Morgan fingerprint density at radius 1 is 1.36 bits per heavy atom. The van der Waals surface area contributed by atoms with E-state index in [1.165, 1.54) is 38.5 Å². The highest BCUT2D eigenvalue weighted by atomic mass is 14.6. The van der Waals surface area contributed by atoms with Crippen LogP contribution in [-0.2, 0) is 0 Å². The third-order valence-electron chi connectivity index (χ3n) is 3.03. The van der Waals surface area contributed by atoms with Gasteiger partial charge < -0.3 is 5.73 Å². The minimum Gasteiger partial charge on any atom is -0.330 e. The molecule has 2 N–H and O–H groups in total. The lowest BCUT2D eigenvalue weighted by Gasteiger charge is -2.20. The van der Waals surface area contributed by atoms with E-state index in [9.17, 15) is 0 Å². The van der Waals surface area contributed by atoms with Gasteiger partial charge >= 0.3 is 0 Å². The molecule has 0 heterocycles. The van der Waals surface area contributed by atoms with E-state index in [-0.39, 0.29) is 0 Å². The van der Waals surface area contributed by atoms with Crippen LogP contribution in [0.4, 0.5) is 0 Å². The molecule has 0 aromatic heterocycles. The first-order valence-electron chi connectivity index (χ1n) is 5.08. The Balaban J connectivity index is 2.27. The first kappa shape index (κ1) is 9.05. The molecule has 0 amide bonds. The van der Waals surface area contributed by atoms with Gasteiger partial charge in [-0.2, -0.15) is 0 Å². The molecule has 66 valence electrons. The second-order valence-electron chi connectivity index (χ2n) is 3.83. The quantitative estimate of drug-likeness (QED) is 0.663. The van der Waals surface area contributed by atoms with E-state index >= 15 is 0 Å². The van der Waals surface area contributed by atoms with E-state index < -0.39 is 0 Å². The smallest absolute Gasteiger partial charge is 0.00462 e. The maximum atomic E-state index is 5.74. The minimum atomic E-state index is 0.836. The zero-order valence-corrected chi connectivity index (χ0v) is 7.68. The summed E-state index contributed by atoms with van der Waals surface area (Å²) in [7, 11) is 0. The fourth-order valence-electron chi connectivity index (χ4n) is 2.35. The predicted octanol–water partition coefficient (Wildman–Crippen LogP) is 2.55. The Morgan fingerprint density at radius 2 is 2.00 bits per heavy atom. The maximum Gasteiger partial charge on any atom is -0.00462 e. The van der Waals surface area contributed by atoms with Gasteiger partial charge in [0, 0.05) is 0 Å². The molecule has 1 saturated carbocycles. The van der Waals surface area contributed by atoms with Crippen LogP contribution in [0.5, 0.6) is 0 Å². The van der Waals surface area contributed by atoms with Crippen LogP contribution in [0.15, 0.2) is 0 Å². The lowest BCUT2D eigenvalue weighted by atomic mass is 9.87. The second-order valence-corrected chi connectivity index (χ2v) is 3.83. The first-order chi connectivity index (χ1) is 5.38. The molecule has 1 heteroatoms. The Morgan fingerprint density at radius 3 is 2.45 bits per heavy atom. The largest absolute Gasteiger partial charge is 0.330 e. The summed E-state index contributed by atoms with van der Waals surface area (Å²) in [6.07, 6.45) is 8.44. The van der Waals surface area contributed by atoms with Gasteiger partial charge in [0.15, 0.2) is 0 Å². The Hall–Kier alpha value is -0.0400. The highest BCUT2D eigenvalue weighted by molar-refractivity contribution is 4.75. The summed E-state index contributed by atoms with van der Waals surface area (Å²) in [5, 5.41) is 0. The van der Waals surface area contributed by atoms with Gasteiger partial charge in [0.2, 0.25) is 0 Å². The minimum absolute atomic E-state index is 0.836. The zero-order chi connectivity index (χ0) is 8.10. The maximum absolute atomic E-state index is 5.74. The Bertz CT molecular complexity index is 95.0. The van der Waals surface area contributed by atoms with Crippen LogP contribution in [0.25, 0.3) is 0 Å². The summed E-state index contributed by atoms with van der Waals surface area (Å²) < 4.78 is 0. The summed E-state index contributed by atoms with van der Waals surface area (Å²) in [4.78, 5) is 0. The van der Waals surface area contributed by atoms with Gasteiger partial charge in [0.05, 0.1) is 0 Å². The summed E-state index contributed by atoms with van der Waals surface area (Å²) >= 11 is 0. The van der Waals surface area contributed by atoms with Gasteiger partial charge in [-0.3, -0.25) is 0 Å². The summed E-state index contributed by atoms with van der Waals surface area (Å²) in [6, 6.07) is 0. The van der Waals surface area contributed by atoms with E-state index in [0.29, 0.717) is 0 Å². The monoisotopic (exact) mass is 155 g/mol. The molecule has 1 aliphatic rings. The summed E-state index contributed by atoms with van der Waals surface area (Å²) in [5.41, 5.74) is 5.74. The third-order valence-corrected chi connectivity index (χ3v) is 3.03. The van der Waals surface area contributed by atoms with Crippen molar-refractivity contribution < 1.29 is 0 Å². The Labute approximate surface area is 70.4 Å². The highest BCUT2D eigenvalue weighted by Gasteiger charge is 2.22. The van der Waals surface area contributed by atoms with Crippen LogP contribution in [-0.4, -0.2) is 6.54 Å². The molecule has 0 spiro atoms. The van der Waals surface area contributed by atoms with Crippen molar-refractivity contribution in [1.29, 1.82) is 0 Å². The molecular formula is C10H21N. The van der Waals surface area contributed by atoms with Gasteiger partial charge in [-0.15, -0.1) is 0 Å². The highest BCUT2D eigenvalue weighted by Crippen LogP contribution is 2.32. The fourth-order valence-corrected chi connectivity index (χ4v) is 2.35. The van der Waals surface area contributed by atoms with Crippen molar-refractivity contribution in [3.8, 4) is 0 Å². The SMILES string of the molecule is CCCC(CN)C1CCCC1. The summed E-state index contributed by atoms with van der Waals surface area (Å²) in [5.74, 6) is 1.81. The van der Waals surface area contributed by atoms with E-state index in [1.54, 1.807) is 0 Å². The van der Waals surface area contributed by atoms with Crippen molar-refractivity contribution in [3.05, 3.63) is 0 Å². The molecule has 0 bridgehead atoms. The van der Waals surface area contributed by atoms with E-state index in [4.69, 9.17) is 5.73 Å². The van der Waals surface area contributed by atoms with E-state index in [1.807, 2.05) is 0 Å². The van der Waals surface area contributed by atoms with Crippen LogP contribution in [0.1, 0.15) is 45.4 Å². The van der Waals surface area contributed by atoms with Crippen molar-refractivity contribution in [2.75, 3.05) is 6.54 Å². The lowest BCUT2D eigenvalue weighted by molar-refractivity contribution is 0.324. The molecular weight excluding hydrogens is 134 g/mol. The molecule has 1 fully saturated rings. The molecule has 1 rings (SSSR count). The van der Waals surface area contributed by atoms with Gasteiger partial charge in [-0.25, -0.2) is 0 Å². The number of nitrogens with two attached hydrogens (primary N) is 1. The van der Waals surface area contributed by atoms with Crippen molar-refractivity contribution >= 4 is 0 Å². The van der Waals surface area contributed by atoms with Gasteiger partial charge in [-0.1, -0.05) is 39.0 Å². The van der Waals surface area contributed by atoms with Gasteiger partial charge in [0.1, 0.15) is 0 Å². The van der Waals surface area contributed by atoms with Gasteiger partial charge in [-0.05, 0) is 24.8 Å². The normalized spacial score (nSPS) is 22.4. The van der Waals surface area contributed by atoms with Crippen molar-refractivity contribution in [2.45, 2.75) is 45.4 Å². The van der Waals surface area contributed by atoms with Crippen LogP contribution >= 0.6 is 0 Å². The van der Waals surface area contributed by atoms with Crippen LogP contribution < -0.4 is 5.73 Å². The average molecular weight is 155 g/mol. The number of hydrogen-bond acceptors (Lipinski definition) is 1. The Kier molecular flexibility index (Phi) is 3.92. The molecule has 1 nitrogen and oxygen atoms in total. The molecule has 0 aliphatic heterocycles. The molecule has 11 heavy (non-hydrogen) atoms. The number of hydrogen-bond donors (Lipinski definition) is 1. The first-order valence-corrected chi connectivity index (χ1v) is 5.08. The molecule has 1 atom stereocenters. The standard InChI is InChI=1S/C10H21N/c1-2-5-10(8-11)9-6-3-4-7-9/h9-10H,2-8,11H2,1H3. The van der Waals surface area contributed by atoms with Crippen LogP contribution in [0.3, 0.4) is 0 Å². The average Bonchev–Trinajstić information content (AvgIpc) is 2.52. The molecule has 0 aromatic rings. The van der Waals surface area contributed by atoms with Crippen LogP contribution in [0, 0.1) is 11.8 Å². The van der Waals surface area contributed by atoms with Crippen molar-refractivity contribution in [1.82, 2.24) is 0 Å². The molecule has 0 radical (unpaired) electrons. The zero-order valence-electron chi connectivity index (χ0n) is 7.68. The van der Waals surface area contributed by atoms with E-state index in [0.717, 1.165) is 18.4 Å². The van der Waals surface area contributed by atoms with Crippen molar-refractivity contribution in [3.63, 3.8) is 0 Å². The third kappa shape index (κ3) is 2.48. The number of rotatable bonds is 4.